The van der Waals surface area contributed by atoms with Gasteiger partial charge in [-0.3, -0.25) is 4.79 Å². The largest absolute Gasteiger partial charge is 0.374 e. The monoisotopic (exact) mass is 209 g/mol. The highest BCUT2D eigenvalue weighted by atomic mass is 16.3. The van der Waals surface area contributed by atoms with Gasteiger partial charge in [0.05, 0.1) is 0 Å². The summed E-state index contributed by atoms with van der Waals surface area (Å²) < 4.78 is 0. The van der Waals surface area contributed by atoms with Crippen molar-refractivity contribution in [1.29, 1.82) is 0 Å². The molecule has 0 saturated carbocycles. The number of H-pyrrole nitrogens is 1. The van der Waals surface area contributed by atoms with Gasteiger partial charge in [0.1, 0.15) is 12.1 Å². The van der Waals surface area contributed by atoms with Crippen LogP contribution in [-0.4, -0.2) is 38.7 Å². The number of carbonyl (C=O) groups is 1. The number of nitrogens with zero attached hydrogens (tertiary/aromatic N) is 2. The molecule has 15 heavy (non-hydrogen) atoms. The lowest BCUT2D eigenvalue weighted by molar-refractivity contribution is -0.146. The number of piperidine rings is 1. The normalized spacial score (nSPS) is 22.1. The fraction of sp³-hybridized carbons (Fsp3) is 0.600. The van der Waals surface area contributed by atoms with Gasteiger partial charge in [-0.05, 0) is 12.8 Å². The first-order valence-corrected chi connectivity index (χ1v) is 5.23. The lowest BCUT2D eigenvalue weighted by atomic mass is 10.1. The number of nitrogens with one attached hydrogen (secondary N) is 1. The van der Waals surface area contributed by atoms with Gasteiger partial charge in [-0.15, -0.1) is 0 Å². The Morgan fingerprint density at radius 2 is 2.53 bits per heavy atom. The zero-order chi connectivity index (χ0) is 10.7. The number of hydrogen-bond acceptors (Lipinski definition) is 3. The van der Waals surface area contributed by atoms with Gasteiger partial charge in [0.25, 0.3) is 0 Å². The summed E-state index contributed by atoms with van der Waals surface area (Å²) in [5, 5.41) is 9.64. The quantitative estimate of drug-likeness (QED) is 0.751. The molecular formula is C10H15N3O2. The molecule has 82 valence electrons. The van der Waals surface area contributed by atoms with Gasteiger partial charge in [-0.2, -0.15) is 0 Å². The SMILES string of the molecule is O=C1CCCC(O)N1CCc1ncc[nH]1. The first-order chi connectivity index (χ1) is 7.27. The number of aromatic nitrogens is 2. The zero-order valence-corrected chi connectivity index (χ0v) is 8.52. The fourth-order valence-electron chi connectivity index (χ4n) is 1.84. The zero-order valence-electron chi connectivity index (χ0n) is 8.52. The average molecular weight is 209 g/mol. The van der Waals surface area contributed by atoms with E-state index < -0.39 is 6.23 Å². The van der Waals surface area contributed by atoms with E-state index in [0.29, 0.717) is 25.8 Å². The molecule has 1 fully saturated rings. The molecule has 0 radical (unpaired) electrons. The smallest absolute Gasteiger partial charge is 0.224 e. The predicted octanol–water partition coefficient (Wildman–Crippen LogP) is 0.283. The summed E-state index contributed by atoms with van der Waals surface area (Å²) >= 11 is 0. The Labute approximate surface area is 88.1 Å². The van der Waals surface area contributed by atoms with Crippen LogP contribution in [0.3, 0.4) is 0 Å². The maximum Gasteiger partial charge on any atom is 0.224 e. The van der Waals surface area contributed by atoms with Crippen LogP contribution in [0.25, 0.3) is 0 Å². The summed E-state index contributed by atoms with van der Waals surface area (Å²) in [7, 11) is 0. The molecule has 0 aromatic carbocycles. The Hall–Kier alpha value is -1.36. The predicted molar refractivity (Wildman–Crippen MR) is 53.9 cm³/mol. The van der Waals surface area contributed by atoms with Crippen molar-refractivity contribution in [3.63, 3.8) is 0 Å². The minimum Gasteiger partial charge on any atom is -0.374 e. The second kappa shape index (κ2) is 4.44. The molecule has 2 rings (SSSR count). The first-order valence-electron chi connectivity index (χ1n) is 5.23. The lowest BCUT2D eigenvalue weighted by Gasteiger charge is -2.31. The number of carbonyl (C=O) groups excluding carboxylic acids is 1. The van der Waals surface area contributed by atoms with Crippen LogP contribution in [0, 0.1) is 0 Å². The van der Waals surface area contributed by atoms with Crippen LogP contribution in [0.4, 0.5) is 0 Å². The maximum absolute atomic E-state index is 11.5. The molecule has 2 heterocycles. The van der Waals surface area contributed by atoms with Gasteiger partial charge in [0.2, 0.25) is 5.91 Å². The molecule has 1 aromatic heterocycles. The molecule has 1 aromatic rings. The molecule has 0 spiro atoms. The van der Waals surface area contributed by atoms with Gasteiger partial charge in [0, 0.05) is 31.8 Å². The molecule has 0 bridgehead atoms. The second-order valence-corrected chi connectivity index (χ2v) is 3.75. The molecule has 1 aliphatic rings. The van der Waals surface area contributed by atoms with E-state index >= 15 is 0 Å². The third-order valence-electron chi connectivity index (χ3n) is 2.68. The minimum absolute atomic E-state index is 0.0420. The van der Waals surface area contributed by atoms with E-state index in [2.05, 4.69) is 9.97 Å². The van der Waals surface area contributed by atoms with E-state index in [-0.39, 0.29) is 5.91 Å². The lowest BCUT2D eigenvalue weighted by Crippen LogP contribution is -2.44. The highest BCUT2D eigenvalue weighted by molar-refractivity contribution is 5.77. The summed E-state index contributed by atoms with van der Waals surface area (Å²) in [6, 6.07) is 0. The minimum atomic E-state index is -0.610. The van der Waals surface area contributed by atoms with Crippen LogP contribution in [0.1, 0.15) is 25.1 Å². The number of hydrogen-bond donors (Lipinski definition) is 2. The van der Waals surface area contributed by atoms with E-state index in [0.717, 1.165) is 12.2 Å². The molecule has 0 aliphatic carbocycles. The van der Waals surface area contributed by atoms with Gasteiger partial charge >= 0.3 is 0 Å². The molecule has 1 aliphatic heterocycles. The van der Waals surface area contributed by atoms with Crippen LogP contribution in [-0.2, 0) is 11.2 Å². The molecule has 2 N–H and O–H groups in total. The summed E-state index contributed by atoms with van der Waals surface area (Å²) in [4.78, 5) is 20.1. The van der Waals surface area contributed by atoms with Crippen molar-refractivity contribution < 1.29 is 9.90 Å². The summed E-state index contributed by atoms with van der Waals surface area (Å²) in [5.41, 5.74) is 0. The number of aromatic amines is 1. The number of amides is 1. The number of aliphatic hydroxyl groups excluding tert-OH is 1. The molecule has 1 atom stereocenters. The first kappa shape index (κ1) is 10.2. The second-order valence-electron chi connectivity index (χ2n) is 3.75. The molecule has 1 amide bonds. The van der Waals surface area contributed by atoms with Crippen molar-refractivity contribution in [3.05, 3.63) is 18.2 Å². The summed E-state index contributed by atoms with van der Waals surface area (Å²) in [6.45, 7) is 0.535. The van der Waals surface area contributed by atoms with Crippen LogP contribution < -0.4 is 0 Å². The number of rotatable bonds is 3. The van der Waals surface area contributed by atoms with Crippen LogP contribution >= 0.6 is 0 Å². The average Bonchev–Trinajstić information content (AvgIpc) is 2.70. The summed E-state index contributed by atoms with van der Waals surface area (Å²) in [5.74, 6) is 0.890. The van der Waals surface area contributed by atoms with Crippen molar-refractivity contribution in [2.24, 2.45) is 0 Å². The van der Waals surface area contributed by atoms with E-state index in [4.69, 9.17) is 0 Å². The Morgan fingerprint density at radius 1 is 1.67 bits per heavy atom. The van der Waals surface area contributed by atoms with Gasteiger partial charge in [-0.1, -0.05) is 0 Å². The maximum atomic E-state index is 11.5. The third-order valence-corrected chi connectivity index (χ3v) is 2.68. The highest BCUT2D eigenvalue weighted by Gasteiger charge is 2.25. The number of likely N-dealkylation sites (tertiary alicyclic amines) is 1. The Bertz CT molecular complexity index is 323. The van der Waals surface area contributed by atoms with Crippen molar-refractivity contribution in [1.82, 2.24) is 14.9 Å². The standard InChI is InChI=1S/C10H15N3O2/c14-9-2-1-3-10(15)13(9)7-4-8-11-5-6-12-8/h5-6,9,14H,1-4,7H2,(H,11,12). The Balaban J connectivity index is 1.89. The van der Waals surface area contributed by atoms with E-state index in [1.54, 1.807) is 12.4 Å². The third kappa shape index (κ3) is 2.36. The van der Waals surface area contributed by atoms with Crippen molar-refractivity contribution in [3.8, 4) is 0 Å². The van der Waals surface area contributed by atoms with E-state index in [1.807, 2.05) is 0 Å². The Morgan fingerprint density at radius 3 is 3.20 bits per heavy atom. The number of aliphatic hydroxyl groups is 1. The molecule has 1 saturated heterocycles. The van der Waals surface area contributed by atoms with E-state index in [9.17, 15) is 9.90 Å². The molecular weight excluding hydrogens is 194 g/mol. The Kier molecular flexibility index (Phi) is 3.01. The van der Waals surface area contributed by atoms with Gasteiger partial charge in [0.15, 0.2) is 0 Å². The van der Waals surface area contributed by atoms with E-state index in [1.165, 1.54) is 4.90 Å². The van der Waals surface area contributed by atoms with Gasteiger partial charge < -0.3 is 15.0 Å². The van der Waals surface area contributed by atoms with Crippen LogP contribution in [0.15, 0.2) is 12.4 Å². The number of imidazole rings is 1. The van der Waals surface area contributed by atoms with Crippen molar-refractivity contribution in [2.45, 2.75) is 31.9 Å². The summed E-state index contributed by atoms with van der Waals surface area (Å²) in [6.07, 6.45) is 5.51. The molecule has 5 nitrogen and oxygen atoms in total. The van der Waals surface area contributed by atoms with Crippen molar-refractivity contribution >= 4 is 5.91 Å². The molecule has 5 heteroatoms. The topological polar surface area (TPSA) is 69.2 Å². The highest BCUT2D eigenvalue weighted by Crippen LogP contribution is 2.16. The molecule has 1 unspecified atom stereocenters. The van der Waals surface area contributed by atoms with Crippen LogP contribution in [0.5, 0.6) is 0 Å². The van der Waals surface area contributed by atoms with Gasteiger partial charge in [-0.25, -0.2) is 4.98 Å². The van der Waals surface area contributed by atoms with Crippen molar-refractivity contribution in [2.75, 3.05) is 6.54 Å². The van der Waals surface area contributed by atoms with Crippen LogP contribution in [0.2, 0.25) is 0 Å². The fourth-order valence-corrected chi connectivity index (χ4v) is 1.84.